The third-order valence-corrected chi connectivity index (χ3v) is 5.22. The van der Waals surface area contributed by atoms with E-state index in [0.717, 1.165) is 5.56 Å². The van der Waals surface area contributed by atoms with Crippen LogP contribution in [0.1, 0.15) is 19.4 Å². The Hall–Kier alpha value is -2.61. The van der Waals surface area contributed by atoms with Gasteiger partial charge in [-0.05, 0) is 19.4 Å². The molecule has 1 atom stereocenters. The number of benzene rings is 1. The van der Waals surface area contributed by atoms with Crippen molar-refractivity contribution in [3.05, 3.63) is 56.7 Å². The largest absolute Gasteiger partial charge is 0.329 e. The number of H-pyrrole nitrogens is 1. The number of nitrogens with zero attached hydrogens (tertiary/aromatic N) is 3. The van der Waals surface area contributed by atoms with Gasteiger partial charge in [-0.1, -0.05) is 42.1 Å². The first kappa shape index (κ1) is 17.2. The minimum atomic E-state index is -0.516. The standard InChI is InChI=1S/C17H18N4O3S/c1-10(22)11(2)25-17-18-14-13(15(23)19-16(24)20(14)3)21(17)9-12-7-5-4-6-8-12/h4-8,11H,9H2,1-3H3,(H,19,23,24)/t11-/m0/s1. The summed E-state index contributed by atoms with van der Waals surface area (Å²) in [7, 11) is 1.56. The Morgan fingerprint density at radius 3 is 2.60 bits per heavy atom. The van der Waals surface area contributed by atoms with Gasteiger partial charge in [0.05, 0.1) is 11.8 Å². The molecule has 0 saturated heterocycles. The number of thioether (sulfide) groups is 1. The average Bonchev–Trinajstić information content (AvgIpc) is 2.92. The van der Waals surface area contributed by atoms with Crippen molar-refractivity contribution in [2.24, 2.45) is 7.05 Å². The topological polar surface area (TPSA) is 89.8 Å². The summed E-state index contributed by atoms with van der Waals surface area (Å²) in [5.41, 5.74) is 0.626. The molecule has 1 N–H and O–H groups in total. The van der Waals surface area contributed by atoms with Crippen LogP contribution in [0.4, 0.5) is 0 Å². The Kier molecular flexibility index (Phi) is 4.63. The molecular weight excluding hydrogens is 340 g/mol. The molecule has 1 aromatic carbocycles. The predicted octanol–water partition coefficient (Wildman–Crippen LogP) is 1.54. The molecule has 25 heavy (non-hydrogen) atoms. The van der Waals surface area contributed by atoms with Crippen LogP contribution in [0, 0.1) is 0 Å². The van der Waals surface area contributed by atoms with Gasteiger partial charge in [0.2, 0.25) is 0 Å². The number of nitrogens with one attached hydrogen (secondary N) is 1. The zero-order valence-corrected chi connectivity index (χ0v) is 15.0. The van der Waals surface area contributed by atoms with Crippen molar-refractivity contribution in [1.82, 2.24) is 19.1 Å². The van der Waals surface area contributed by atoms with Crippen LogP contribution in [-0.2, 0) is 18.4 Å². The van der Waals surface area contributed by atoms with Crippen molar-refractivity contribution < 1.29 is 4.79 Å². The number of aromatic nitrogens is 4. The second kappa shape index (κ2) is 6.72. The van der Waals surface area contributed by atoms with Gasteiger partial charge in [0.15, 0.2) is 16.3 Å². The molecule has 0 bridgehead atoms. The molecule has 0 fully saturated rings. The Morgan fingerprint density at radius 1 is 1.28 bits per heavy atom. The third kappa shape index (κ3) is 3.30. The number of Topliss-reactive ketones (excluding diaryl/α,β-unsaturated/α-hetero) is 1. The second-order valence-electron chi connectivity index (χ2n) is 5.83. The predicted molar refractivity (Wildman–Crippen MR) is 97.1 cm³/mol. The highest BCUT2D eigenvalue weighted by Crippen LogP contribution is 2.26. The van der Waals surface area contributed by atoms with Crippen molar-refractivity contribution in [2.45, 2.75) is 30.8 Å². The number of rotatable bonds is 5. The minimum Gasteiger partial charge on any atom is -0.309 e. The number of ketones is 1. The number of aryl methyl sites for hydroxylation is 1. The van der Waals surface area contributed by atoms with E-state index in [1.54, 1.807) is 18.5 Å². The van der Waals surface area contributed by atoms with Crippen LogP contribution in [0.5, 0.6) is 0 Å². The lowest BCUT2D eigenvalue weighted by Crippen LogP contribution is -2.29. The molecule has 0 aliphatic rings. The lowest BCUT2D eigenvalue weighted by atomic mass is 10.2. The van der Waals surface area contributed by atoms with Crippen LogP contribution in [0.25, 0.3) is 11.2 Å². The summed E-state index contributed by atoms with van der Waals surface area (Å²) in [4.78, 5) is 42.7. The van der Waals surface area contributed by atoms with E-state index in [-0.39, 0.29) is 11.0 Å². The number of imidazole rings is 1. The van der Waals surface area contributed by atoms with Crippen molar-refractivity contribution >= 4 is 28.7 Å². The third-order valence-electron chi connectivity index (χ3n) is 4.01. The molecule has 2 heterocycles. The van der Waals surface area contributed by atoms with Gasteiger partial charge in [0.1, 0.15) is 5.78 Å². The van der Waals surface area contributed by atoms with Crippen LogP contribution < -0.4 is 11.2 Å². The van der Waals surface area contributed by atoms with Crippen LogP contribution >= 0.6 is 11.8 Å². The molecule has 7 nitrogen and oxygen atoms in total. The molecule has 0 aliphatic heterocycles. The summed E-state index contributed by atoms with van der Waals surface area (Å²) < 4.78 is 3.06. The summed E-state index contributed by atoms with van der Waals surface area (Å²) in [6, 6.07) is 9.65. The highest BCUT2D eigenvalue weighted by atomic mass is 32.2. The Balaban J connectivity index is 2.22. The van der Waals surface area contributed by atoms with E-state index >= 15 is 0 Å². The Labute approximate surface area is 147 Å². The van der Waals surface area contributed by atoms with Crippen molar-refractivity contribution in [2.75, 3.05) is 0 Å². The minimum absolute atomic E-state index is 0.0196. The fourth-order valence-electron chi connectivity index (χ4n) is 2.46. The molecular formula is C17H18N4O3S. The summed E-state index contributed by atoms with van der Waals surface area (Å²) >= 11 is 1.28. The van der Waals surface area contributed by atoms with E-state index in [2.05, 4.69) is 9.97 Å². The van der Waals surface area contributed by atoms with Gasteiger partial charge in [-0.15, -0.1) is 0 Å². The molecule has 0 aliphatic carbocycles. The quantitative estimate of drug-likeness (QED) is 0.699. The zero-order valence-electron chi connectivity index (χ0n) is 14.1. The van der Waals surface area contributed by atoms with E-state index in [1.165, 1.54) is 23.3 Å². The van der Waals surface area contributed by atoms with Gasteiger partial charge >= 0.3 is 5.69 Å². The van der Waals surface area contributed by atoms with E-state index in [9.17, 15) is 14.4 Å². The number of aromatic amines is 1. The van der Waals surface area contributed by atoms with E-state index in [4.69, 9.17) is 0 Å². The molecule has 0 radical (unpaired) electrons. The fraction of sp³-hybridized carbons (Fsp3) is 0.294. The highest BCUT2D eigenvalue weighted by Gasteiger charge is 2.21. The zero-order chi connectivity index (χ0) is 18.1. The Morgan fingerprint density at radius 2 is 1.96 bits per heavy atom. The van der Waals surface area contributed by atoms with Crippen LogP contribution in [0.15, 0.2) is 45.1 Å². The van der Waals surface area contributed by atoms with E-state index in [1.807, 2.05) is 30.3 Å². The van der Waals surface area contributed by atoms with Crippen molar-refractivity contribution in [3.8, 4) is 0 Å². The number of carbonyl (C=O) groups is 1. The normalized spacial score (nSPS) is 12.4. The monoisotopic (exact) mass is 358 g/mol. The summed E-state index contributed by atoms with van der Waals surface area (Å²) in [6.45, 7) is 3.73. The molecule has 130 valence electrons. The van der Waals surface area contributed by atoms with Crippen molar-refractivity contribution in [3.63, 3.8) is 0 Å². The van der Waals surface area contributed by atoms with Gasteiger partial charge in [0, 0.05) is 7.05 Å². The Bertz CT molecular complexity index is 1050. The molecule has 0 amide bonds. The van der Waals surface area contributed by atoms with Gasteiger partial charge in [-0.25, -0.2) is 9.78 Å². The molecule has 2 aromatic heterocycles. The maximum atomic E-state index is 12.4. The van der Waals surface area contributed by atoms with E-state index in [0.29, 0.717) is 22.9 Å². The first-order chi connectivity index (χ1) is 11.9. The molecule has 0 saturated carbocycles. The summed E-state index contributed by atoms with van der Waals surface area (Å²) in [6.07, 6.45) is 0. The average molecular weight is 358 g/mol. The van der Waals surface area contributed by atoms with Gasteiger partial charge in [-0.2, -0.15) is 0 Å². The number of fused-ring (bicyclic) bond motifs is 1. The van der Waals surface area contributed by atoms with Gasteiger partial charge in [-0.3, -0.25) is 19.1 Å². The van der Waals surface area contributed by atoms with Crippen LogP contribution in [0.2, 0.25) is 0 Å². The number of hydrogen-bond donors (Lipinski definition) is 1. The molecule has 0 spiro atoms. The maximum Gasteiger partial charge on any atom is 0.329 e. The summed E-state index contributed by atoms with van der Waals surface area (Å²) in [5.74, 6) is 0.0196. The molecule has 8 heteroatoms. The second-order valence-corrected chi connectivity index (χ2v) is 7.14. The van der Waals surface area contributed by atoms with Gasteiger partial charge < -0.3 is 4.57 Å². The van der Waals surface area contributed by atoms with Crippen LogP contribution in [0.3, 0.4) is 0 Å². The SMILES string of the molecule is CC(=O)[C@H](C)Sc1nc2c(c(=O)[nH]c(=O)n2C)n1Cc1ccccc1. The number of hydrogen-bond acceptors (Lipinski definition) is 5. The fourth-order valence-corrected chi connectivity index (χ4v) is 3.36. The number of carbonyl (C=O) groups excluding carboxylic acids is 1. The first-order valence-electron chi connectivity index (χ1n) is 7.79. The highest BCUT2D eigenvalue weighted by molar-refractivity contribution is 8.00. The summed E-state index contributed by atoms with van der Waals surface area (Å²) in [5, 5.41) is 0.232. The molecule has 0 unspecified atom stereocenters. The van der Waals surface area contributed by atoms with Gasteiger partial charge in [0.25, 0.3) is 5.56 Å². The maximum absolute atomic E-state index is 12.4. The van der Waals surface area contributed by atoms with Crippen LogP contribution in [-0.4, -0.2) is 30.1 Å². The molecule has 3 rings (SSSR count). The lowest BCUT2D eigenvalue weighted by molar-refractivity contribution is -0.116. The lowest BCUT2D eigenvalue weighted by Gasteiger charge is -2.11. The molecule has 3 aromatic rings. The van der Waals surface area contributed by atoms with E-state index < -0.39 is 11.2 Å². The smallest absolute Gasteiger partial charge is 0.309 e. The van der Waals surface area contributed by atoms with Crippen molar-refractivity contribution in [1.29, 1.82) is 0 Å². The first-order valence-corrected chi connectivity index (χ1v) is 8.67.